The molecule has 1 aliphatic heterocycles. The average molecular weight is 240 g/mol. The van der Waals surface area contributed by atoms with Crippen LogP contribution in [0.4, 0.5) is 0 Å². The normalized spacial score (nSPS) is 21.7. The maximum Gasteiger partial charge on any atom is 0.161 e. The Labute approximate surface area is 101 Å². The highest BCUT2D eigenvalue weighted by Crippen LogP contribution is 2.31. The van der Waals surface area contributed by atoms with Crippen molar-refractivity contribution in [3.05, 3.63) is 11.9 Å². The molecule has 1 aliphatic rings. The number of hydrazine groups is 1. The fourth-order valence-electron chi connectivity index (χ4n) is 2.33. The molecule has 1 aromatic heterocycles. The predicted octanol–water partition coefficient (Wildman–Crippen LogP) is 0.595. The first-order chi connectivity index (χ1) is 8.31. The lowest BCUT2D eigenvalue weighted by molar-refractivity contribution is 0.0746. The number of aromatic nitrogens is 2. The van der Waals surface area contributed by atoms with E-state index in [0.29, 0.717) is 0 Å². The summed E-state index contributed by atoms with van der Waals surface area (Å²) in [6.45, 7) is 3.62. The van der Waals surface area contributed by atoms with E-state index in [1.54, 1.807) is 13.3 Å². The number of nitrogens with zero attached hydrogens (tertiary/aromatic N) is 2. The molecule has 6 nitrogen and oxygen atoms in total. The van der Waals surface area contributed by atoms with Crippen molar-refractivity contribution in [1.82, 2.24) is 15.2 Å². The van der Waals surface area contributed by atoms with Crippen molar-refractivity contribution in [3.8, 4) is 5.75 Å². The number of aryl methyl sites for hydroxylation is 1. The molecule has 6 heteroatoms. The van der Waals surface area contributed by atoms with E-state index in [2.05, 4.69) is 10.5 Å². The molecule has 2 unspecified atom stereocenters. The second kappa shape index (κ2) is 5.48. The molecule has 0 bridgehead atoms. The Kier molecular flexibility index (Phi) is 3.98. The van der Waals surface area contributed by atoms with Crippen molar-refractivity contribution >= 4 is 0 Å². The Morgan fingerprint density at radius 3 is 3.12 bits per heavy atom. The highest BCUT2D eigenvalue weighted by atomic mass is 16.5. The van der Waals surface area contributed by atoms with Crippen molar-refractivity contribution in [3.63, 3.8) is 0 Å². The molecule has 0 spiro atoms. The van der Waals surface area contributed by atoms with Crippen LogP contribution >= 0.6 is 0 Å². The Morgan fingerprint density at radius 1 is 1.76 bits per heavy atom. The highest BCUT2D eigenvalue weighted by Gasteiger charge is 2.31. The number of ether oxygens (including phenoxy) is 2. The van der Waals surface area contributed by atoms with Gasteiger partial charge in [-0.15, -0.1) is 0 Å². The van der Waals surface area contributed by atoms with Crippen LogP contribution in [0.3, 0.4) is 0 Å². The van der Waals surface area contributed by atoms with Crippen molar-refractivity contribution in [2.45, 2.75) is 38.5 Å². The van der Waals surface area contributed by atoms with Gasteiger partial charge >= 0.3 is 0 Å². The zero-order chi connectivity index (χ0) is 12.3. The molecule has 17 heavy (non-hydrogen) atoms. The lowest BCUT2D eigenvalue weighted by Crippen LogP contribution is -2.38. The zero-order valence-corrected chi connectivity index (χ0v) is 10.3. The summed E-state index contributed by atoms with van der Waals surface area (Å²) in [5.74, 6) is 6.42. The first kappa shape index (κ1) is 12.3. The molecule has 1 saturated heterocycles. The van der Waals surface area contributed by atoms with Gasteiger partial charge in [0.15, 0.2) is 5.75 Å². The van der Waals surface area contributed by atoms with Crippen LogP contribution in [0.2, 0.25) is 0 Å². The van der Waals surface area contributed by atoms with E-state index in [1.807, 2.05) is 11.6 Å². The van der Waals surface area contributed by atoms with Crippen molar-refractivity contribution < 1.29 is 9.47 Å². The molecular weight excluding hydrogens is 220 g/mol. The summed E-state index contributed by atoms with van der Waals surface area (Å²) >= 11 is 0. The van der Waals surface area contributed by atoms with Crippen molar-refractivity contribution in [2.75, 3.05) is 13.7 Å². The number of rotatable bonds is 5. The second-order valence-electron chi connectivity index (χ2n) is 4.11. The monoisotopic (exact) mass is 240 g/mol. The number of methoxy groups -OCH3 is 1. The number of hydrogen-bond acceptors (Lipinski definition) is 5. The highest BCUT2D eigenvalue weighted by molar-refractivity contribution is 5.29. The molecule has 1 aromatic rings. The molecule has 2 atom stereocenters. The summed E-state index contributed by atoms with van der Waals surface area (Å²) in [7, 11) is 1.64. The summed E-state index contributed by atoms with van der Waals surface area (Å²) in [4.78, 5) is 0. The third kappa shape index (κ3) is 2.29. The Balaban J connectivity index is 2.30. The van der Waals surface area contributed by atoms with Gasteiger partial charge in [-0.3, -0.25) is 10.5 Å². The van der Waals surface area contributed by atoms with E-state index >= 15 is 0 Å². The second-order valence-corrected chi connectivity index (χ2v) is 4.11. The number of hydrogen-bond donors (Lipinski definition) is 2. The van der Waals surface area contributed by atoms with Crippen LogP contribution in [-0.2, 0) is 11.3 Å². The Hall–Kier alpha value is -1.11. The molecule has 2 heterocycles. The maximum absolute atomic E-state index is 5.69. The fraction of sp³-hybridized carbons (Fsp3) is 0.727. The molecule has 0 aromatic carbocycles. The summed E-state index contributed by atoms with van der Waals surface area (Å²) in [6, 6.07) is -0.0742. The maximum atomic E-state index is 5.69. The molecule has 0 saturated carbocycles. The number of nitrogens with two attached hydrogens (primary N) is 1. The SMILES string of the molecule is CCn1ncc(OC)c1C(NN)C1CCCO1. The van der Waals surface area contributed by atoms with Gasteiger partial charge in [-0.25, -0.2) is 5.43 Å². The zero-order valence-electron chi connectivity index (χ0n) is 10.3. The quantitative estimate of drug-likeness (QED) is 0.582. The lowest BCUT2D eigenvalue weighted by atomic mass is 10.0. The smallest absolute Gasteiger partial charge is 0.161 e. The standard InChI is InChI=1S/C11H20N4O2/c1-3-15-11(9(16-2)7-13-15)10(14-12)8-5-4-6-17-8/h7-8,10,14H,3-6,12H2,1-2H3. The van der Waals surface area contributed by atoms with Gasteiger partial charge in [0.25, 0.3) is 0 Å². The third-order valence-corrected chi connectivity index (χ3v) is 3.18. The van der Waals surface area contributed by atoms with Crippen LogP contribution in [0.25, 0.3) is 0 Å². The number of nitrogens with one attached hydrogen (secondary N) is 1. The molecule has 0 amide bonds. The van der Waals surface area contributed by atoms with E-state index in [1.165, 1.54) is 0 Å². The van der Waals surface area contributed by atoms with Crippen LogP contribution in [0.5, 0.6) is 5.75 Å². The Bertz CT molecular complexity index is 339. The third-order valence-electron chi connectivity index (χ3n) is 3.18. The van der Waals surface area contributed by atoms with Crippen LogP contribution in [0, 0.1) is 0 Å². The largest absolute Gasteiger partial charge is 0.493 e. The van der Waals surface area contributed by atoms with Gasteiger partial charge in [-0.05, 0) is 19.8 Å². The minimum atomic E-state index is -0.0742. The van der Waals surface area contributed by atoms with E-state index in [0.717, 1.165) is 37.4 Å². The minimum Gasteiger partial charge on any atom is -0.493 e. The topological polar surface area (TPSA) is 74.3 Å². The molecule has 2 rings (SSSR count). The van der Waals surface area contributed by atoms with Crippen LogP contribution in [0.15, 0.2) is 6.20 Å². The van der Waals surface area contributed by atoms with Gasteiger partial charge in [0.1, 0.15) is 5.69 Å². The molecule has 0 aliphatic carbocycles. The predicted molar refractivity (Wildman–Crippen MR) is 63.5 cm³/mol. The minimum absolute atomic E-state index is 0.0742. The van der Waals surface area contributed by atoms with Crippen LogP contribution in [-0.4, -0.2) is 29.6 Å². The van der Waals surface area contributed by atoms with Gasteiger partial charge in [-0.2, -0.15) is 5.10 Å². The van der Waals surface area contributed by atoms with E-state index in [9.17, 15) is 0 Å². The van der Waals surface area contributed by atoms with Crippen LogP contribution < -0.4 is 16.0 Å². The van der Waals surface area contributed by atoms with Gasteiger partial charge in [0.05, 0.1) is 25.5 Å². The summed E-state index contributed by atoms with van der Waals surface area (Å²) in [6.07, 6.45) is 3.90. The van der Waals surface area contributed by atoms with Gasteiger partial charge in [-0.1, -0.05) is 0 Å². The molecular formula is C11H20N4O2. The van der Waals surface area contributed by atoms with E-state index in [-0.39, 0.29) is 12.1 Å². The van der Waals surface area contributed by atoms with E-state index in [4.69, 9.17) is 15.3 Å². The summed E-state index contributed by atoms with van der Waals surface area (Å²) in [5.41, 5.74) is 3.79. The Morgan fingerprint density at radius 2 is 2.59 bits per heavy atom. The molecule has 96 valence electrons. The van der Waals surface area contributed by atoms with E-state index < -0.39 is 0 Å². The summed E-state index contributed by atoms with van der Waals surface area (Å²) in [5, 5.41) is 4.29. The van der Waals surface area contributed by atoms with Crippen LogP contribution in [0.1, 0.15) is 31.5 Å². The lowest BCUT2D eigenvalue weighted by Gasteiger charge is -2.23. The molecule has 1 fully saturated rings. The van der Waals surface area contributed by atoms with Gasteiger partial charge in [0.2, 0.25) is 0 Å². The van der Waals surface area contributed by atoms with Crippen molar-refractivity contribution in [2.24, 2.45) is 5.84 Å². The summed E-state index contributed by atoms with van der Waals surface area (Å²) < 4.78 is 12.9. The average Bonchev–Trinajstić information content (AvgIpc) is 2.99. The van der Waals surface area contributed by atoms with Crippen molar-refractivity contribution in [1.29, 1.82) is 0 Å². The molecule has 0 radical (unpaired) electrons. The van der Waals surface area contributed by atoms with Gasteiger partial charge in [0, 0.05) is 13.2 Å². The van der Waals surface area contributed by atoms with Gasteiger partial charge < -0.3 is 9.47 Å². The first-order valence-corrected chi connectivity index (χ1v) is 5.99. The molecule has 3 N–H and O–H groups in total. The first-order valence-electron chi connectivity index (χ1n) is 5.99. The fourth-order valence-corrected chi connectivity index (χ4v) is 2.33.